The molecule has 0 aliphatic carbocycles. The van der Waals surface area contributed by atoms with E-state index < -0.39 is 0 Å². The van der Waals surface area contributed by atoms with Gasteiger partial charge in [0.05, 0.1) is 6.33 Å². The number of fused-ring (bicyclic) bond motifs is 1. The monoisotopic (exact) mass is 270 g/mol. The third-order valence-electron chi connectivity index (χ3n) is 4.00. The van der Waals surface area contributed by atoms with Gasteiger partial charge in [-0.2, -0.15) is 0 Å². The highest BCUT2D eigenvalue weighted by molar-refractivity contribution is 5.56. The van der Waals surface area contributed by atoms with Crippen molar-refractivity contribution in [2.24, 2.45) is 5.73 Å². The number of benzene rings is 1. The van der Waals surface area contributed by atoms with Crippen molar-refractivity contribution in [1.82, 2.24) is 9.55 Å². The van der Waals surface area contributed by atoms with E-state index in [2.05, 4.69) is 32.7 Å². The minimum atomic E-state index is 0.633. The average molecular weight is 270 g/mol. The van der Waals surface area contributed by atoms with Gasteiger partial charge in [0, 0.05) is 44.3 Å². The molecule has 3 rings (SSSR count). The zero-order chi connectivity index (χ0) is 13.8. The van der Waals surface area contributed by atoms with Crippen molar-refractivity contribution in [1.29, 1.82) is 0 Å². The van der Waals surface area contributed by atoms with E-state index in [1.54, 1.807) is 0 Å². The molecule has 1 aromatic heterocycles. The topological polar surface area (TPSA) is 47.1 Å². The number of nitrogens with two attached hydrogens (primary N) is 1. The van der Waals surface area contributed by atoms with Crippen LogP contribution in [0.4, 0.5) is 5.69 Å². The Balaban J connectivity index is 1.64. The van der Waals surface area contributed by atoms with Crippen molar-refractivity contribution in [2.45, 2.75) is 32.4 Å². The Hall–Kier alpha value is -1.81. The highest BCUT2D eigenvalue weighted by Crippen LogP contribution is 2.28. The molecule has 1 aromatic carbocycles. The van der Waals surface area contributed by atoms with Crippen molar-refractivity contribution in [2.75, 3.05) is 18.0 Å². The van der Waals surface area contributed by atoms with Gasteiger partial charge in [-0.05, 0) is 36.5 Å². The molecule has 0 saturated carbocycles. The third-order valence-corrected chi connectivity index (χ3v) is 4.00. The summed E-state index contributed by atoms with van der Waals surface area (Å²) in [7, 11) is 0. The molecule has 2 heterocycles. The lowest BCUT2D eigenvalue weighted by atomic mass is 9.99. The molecule has 0 spiro atoms. The second-order valence-corrected chi connectivity index (χ2v) is 5.41. The van der Waals surface area contributed by atoms with E-state index >= 15 is 0 Å². The van der Waals surface area contributed by atoms with Crippen molar-refractivity contribution in [3.8, 4) is 0 Å². The van der Waals surface area contributed by atoms with Crippen LogP contribution in [0.3, 0.4) is 0 Å². The zero-order valence-electron chi connectivity index (χ0n) is 11.8. The lowest BCUT2D eigenvalue weighted by Gasteiger charge is -2.31. The Bertz CT molecular complexity index is 548. The zero-order valence-corrected chi connectivity index (χ0v) is 11.8. The summed E-state index contributed by atoms with van der Waals surface area (Å²) in [5.41, 5.74) is 9.83. The van der Waals surface area contributed by atoms with Crippen LogP contribution < -0.4 is 10.6 Å². The molecule has 0 radical (unpaired) electrons. The van der Waals surface area contributed by atoms with Crippen LogP contribution in [0, 0.1) is 0 Å². The summed E-state index contributed by atoms with van der Waals surface area (Å²) in [6.07, 6.45) is 9.32. The van der Waals surface area contributed by atoms with Crippen LogP contribution in [0.5, 0.6) is 0 Å². The van der Waals surface area contributed by atoms with Crippen LogP contribution >= 0.6 is 0 Å². The normalized spacial score (nSPS) is 14.3. The molecule has 4 heteroatoms. The van der Waals surface area contributed by atoms with Crippen molar-refractivity contribution < 1.29 is 0 Å². The van der Waals surface area contributed by atoms with Gasteiger partial charge >= 0.3 is 0 Å². The molecule has 1 aliphatic rings. The fourth-order valence-electron chi connectivity index (χ4n) is 2.95. The van der Waals surface area contributed by atoms with Crippen molar-refractivity contribution in [3.05, 3.63) is 48.0 Å². The molecular formula is C16H22N4. The van der Waals surface area contributed by atoms with E-state index in [9.17, 15) is 0 Å². The summed E-state index contributed by atoms with van der Waals surface area (Å²) in [5.74, 6) is 0. The van der Waals surface area contributed by atoms with Gasteiger partial charge in [0.15, 0.2) is 0 Å². The first-order chi connectivity index (χ1) is 9.86. The second kappa shape index (κ2) is 6.09. The van der Waals surface area contributed by atoms with Gasteiger partial charge < -0.3 is 15.2 Å². The Morgan fingerprint density at radius 3 is 3.00 bits per heavy atom. The SMILES string of the molecule is NCc1ccc2c(c1)CCCN2CCCn1ccnc1. The molecular weight excluding hydrogens is 248 g/mol. The van der Waals surface area contributed by atoms with Gasteiger partial charge in [0.1, 0.15) is 0 Å². The molecule has 0 atom stereocenters. The Labute approximate surface area is 120 Å². The van der Waals surface area contributed by atoms with Gasteiger partial charge in [0.25, 0.3) is 0 Å². The van der Waals surface area contributed by atoms with E-state index in [0.717, 1.165) is 19.5 Å². The van der Waals surface area contributed by atoms with E-state index in [1.165, 1.54) is 36.2 Å². The first-order valence-corrected chi connectivity index (χ1v) is 7.39. The number of aromatic nitrogens is 2. The highest BCUT2D eigenvalue weighted by atomic mass is 15.1. The lowest BCUT2D eigenvalue weighted by Crippen LogP contribution is -2.31. The average Bonchev–Trinajstić information content (AvgIpc) is 3.00. The van der Waals surface area contributed by atoms with Crippen LogP contribution in [-0.4, -0.2) is 22.6 Å². The van der Waals surface area contributed by atoms with E-state index in [0.29, 0.717) is 6.54 Å². The minimum Gasteiger partial charge on any atom is -0.371 e. The van der Waals surface area contributed by atoms with Crippen LogP contribution in [0.15, 0.2) is 36.9 Å². The molecule has 2 N–H and O–H groups in total. The number of nitrogens with zero attached hydrogens (tertiary/aromatic N) is 3. The van der Waals surface area contributed by atoms with Crippen LogP contribution in [-0.2, 0) is 19.5 Å². The van der Waals surface area contributed by atoms with Gasteiger partial charge in [-0.15, -0.1) is 0 Å². The number of aryl methyl sites for hydroxylation is 2. The highest BCUT2D eigenvalue weighted by Gasteiger charge is 2.16. The first-order valence-electron chi connectivity index (χ1n) is 7.39. The minimum absolute atomic E-state index is 0.633. The van der Waals surface area contributed by atoms with Gasteiger partial charge in [0.2, 0.25) is 0 Å². The maximum atomic E-state index is 5.73. The van der Waals surface area contributed by atoms with E-state index in [4.69, 9.17) is 5.73 Å². The fourth-order valence-corrected chi connectivity index (χ4v) is 2.95. The molecule has 0 unspecified atom stereocenters. The summed E-state index contributed by atoms with van der Waals surface area (Å²) in [6, 6.07) is 6.68. The Kier molecular flexibility index (Phi) is 4.02. The summed E-state index contributed by atoms with van der Waals surface area (Å²) < 4.78 is 2.14. The summed E-state index contributed by atoms with van der Waals surface area (Å²) in [4.78, 5) is 6.59. The second-order valence-electron chi connectivity index (χ2n) is 5.41. The molecule has 0 amide bonds. The maximum absolute atomic E-state index is 5.73. The quantitative estimate of drug-likeness (QED) is 0.906. The van der Waals surface area contributed by atoms with Crippen molar-refractivity contribution in [3.63, 3.8) is 0 Å². The Morgan fingerprint density at radius 1 is 1.25 bits per heavy atom. The molecule has 0 saturated heterocycles. The van der Waals surface area contributed by atoms with Crippen molar-refractivity contribution >= 4 is 5.69 Å². The van der Waals surface area contributed by atoms with Crippen LogP contribution in [0.2, 0.25) is 0 Å². The molecule has 2 aromatic rings. The third kappa shape index (κ3) is 2.85. The molecule has 1 aliphatic heterocycles. The van der Waals surface area contributed by atoms with Gasteiger partial charge in [-0.3, -0.25) is 0 Å². The molecule has 4 nitrogen and oxygen atoms in total. The summed E-state index contributed by atoms with van der Waals surface area (Å²) in [6.45, 7) is 3.94. The largest absolute Gasteiger partial charge is 0.371 e. The number of anilines is 1. The van der Waals surface area contributed by atoms with Gasteiger partial charge in [-0.1, -0.05) is 12.1 Å². The van der Waals surface area contributed by atoms with Gasteiger partial charge in [-0.25, -0.2) is 4.98 Å². The smallest absolute Gasteiger partial charge is 0.0945 e. The van der Waals surface area contributed by atoms with Crippen LogP contribution in [0.1, 0.15) is 24.0 Å². The van der Waals surface area contributed by atoms with E-state index in [-0.39, 0.29) is 0 Å². The number of hydrogen-bond acceptors (Lipinski definition) is 3. The molecule has 20 heavy (non-hydrogen) atoms. The fraction of sp³-hybridized carbons (Fsp3) is 0.438. The number of hydrogen-bond donors (Lipinski definition) is 1. The van der Waals surface area contributed by atoms with Crippen LogP contribution in [0.25, 0.3) is 0 Å². The number of imidazole rings is 1. The standard InChI is InChI=1S/C16H22N4/c17-12-14-4-5-16-15(11-14)3-1-8-20(16)9-2-7-19-10-6-18-13-19/h4-6,10-11,13H,1-3,7-9,12,17H2. The summed E-state index contributed by atoms with van der Waals surface area (Å²) in [5, 5.41) is 0. The van der Waals surface area contributed by atoms with E-state index in [1.807, 2.05) is 18.7 Å². The first kappa shape index (κ1) is 13.2. The Morgan fingerprint density at radius 2 is 2.20 bits per heavy atom. The summed E-state index contributed by atoms with van der Waals surface area (Å²) >= 11 is 0. The predicted octanol–water partition coefficient (Wildman–Crippen LogP) is 2.18. The number of rotatable bonds is 5. The molecule has 0 bridgehead atoms. The maximum Gasteiger partial charge on any atom is 0.0945 e. The lowest BCUT2D eigenvalue weighted by molar-refractivity contribution is 0.602. The molecule has 106 valence electrons. The molecule has 0 fully saturated rings. The predicted molar refractivity (Wildman–Crippen MR) is 81.7 cm³/mol.